The molecule has 31 heavy (non-hydrogen) atoms. The Balaban J connectivity index is 1.72. The van der Waals surface area contributed by atoms with Gasteiger partial charge in [0.1, 0.15) is 6.04 Å². The van der Waals surface area contributed by atoms with Crippen molar-refractivity contribution in [3.8, 4) is 0 Å². The molecule has 3 rings (SSSR count). The lowest BCUT2D eigenvalue weighted by atomic mass is 10.1. The molecule has 166 valence electrons. The maximum absolute atomic E-state index is 13.0. The smallest absolute Gasteiger partial charge is 0.329 e. The van der Waals surface area contributed by atoms with Crippen molar-refractivity contribution >= 4 is 27.6 Å². The molecule has 1 unspecified atom stereocenters. The van der Waals surface area contributed by atoms with E-state index < -0.39 is 22.0 Å². The molecule has 1 aliphatic rings. The second-order valence-electron chi connectivity index (χ2n) is 7.37. The van der Waals surface area contributed by atoms with E-state index in [0.29, 0.717) is 25.9 Å². The molecule has 0 saturated carbocycles. The van der Waals surface area contributed by atoms with Crippen LogP contribution in [0, 0.1) is 0 Å². The van der Waals surface area contributed by atoms with Crippen molar-refractivity contribution in [2.75, 3.05) is 25.1 Å². The Morgan fingerprint density at radius 2 is 1.71 bits per heavy atom. The lowest BCUT2D eigenvalue weighted by Crippen LogP contribution is -2.43. The highest BCUT2D eigenvalue weighted by atomic mass is 32.2. The Kier molecular flexibility index (Phi) is 7.12. The van der Waals surface area contributed by atoms with Crippen molar-refractivity contribution < 1.29 is 22.7 Å². The molecule has 2 aromatic carbocycles. The summed E-state index contributed by atoms with van der Waals surface area (Å²) in [5.41, 5.74) is 2.54. The SMILES string of the molecule is CCN(CC)S(=O)(=O)c1ccc(CCC(=O)N2c3ccccc3CC2C(=O)OC)cc1. The fourth-order valence-electron chi connectivity index (χ4n) is 3.93. The van der Waals surface area contributed by atoms with Gasteiger partial charge in [0.2, 0.25) is 15.9 Å². The van der Waals surface area contributed by atoms with Crippen molar-refractivity contribution in [2.24, 2.45) is 0 Å². The van der Waals surface area contributed by atoms with Gasteiger partial charge in [-0.05, 0) is 35.7 Å². The molecule has 7 nitrogen and oxygen atoms in total. The largest absolute Gasteiger partial charge is 0.467 e. The number of anilines is 1. The summed E-state index contributed by atoms with van der Waals surface area (Å²) in [6, 6.07) is 13.4. The van der Waals surface area contributed by atoms with Crippen LogP contribution in [-0.2, 0) is 37.2 Å². The average molecular weight is 445 g/mol. The van der Waals surface area contributed by atoms with Gasteiger partial charge in [0.15, 0.2) is 0 Å². The summed E-state index contributed by atoms with van der Waals surface area (Å²) in [5, 5.41) is 0. The summed E-state index contributed by atoms with van der Waals surface area (Å²) in [5.74, 6) is -0.601. The summed E-state index contributed by atoms with van der Waals surface area (Å²) >= 11 is 0. The summed E-state index contributed by atoms with van der Waals surface area (Å²) in [4.78, 5) is 27.0. The van der Waals surface area contributed by atoms with Crippen LogP contribution in [0.5, 0.6) is 0 Å². The summed E-state index contributed by atoms with van der Waals surface area (Å²) in [6.45, 7) is 4.43. The van der Waals surface area contributed by atoms with Crippen LogP contribution in [0.1, 0.15) is 31.4 Å². The first kappa shape index (κ1) is 23.0. The molecule has 1 heterocycles. The highest BCUT2D eigenvalue weighted by Gasteiger charge is 2.38. The fraction of sp³-hybridized carbons (Fsp3) is 0.391. The number of nitrogens with zero attached hydrogens (tertiary/aromatic N) is 2. The molecule has 0 spiro atoms. The van der Waals surface area contributed by atoms with Crippen LogP contribution in [0.3, 0.4) is 0 Å². The number of amides is 1. The van der Waals surface area contributed by atoms with Crippen LogP contribution < -0.4 is 4.90 Å². The molecule has 0 fully saturated rings. The van der Waals surface area contributed by atoms with Gasteiger partial charge in [0.25, 0.3) is 0 Å². The van der Waals surface area contributed by atoms with Gasteiger partial charge in [0.05, 0.1) is 12.0 Å². The molecule has 0 bridgehead atoms. The van der Waals surface area contributed by atoms with E-state index >= 15 is 0 Å². The van der Waals surface area contributed by atoms with Gasteiger partial charge < -0.3 is 4.74 Å². The standard InChI is InChI=1S/C23H28N2O5S/c1-4-24(5-2)31(28,29)19-13-10-17(11-14-19)12-15-22(26)25-20-9-7-6-8-18(20)16-21(25)23(27)30-3/h6-11,13-14,21H,4-5,12,15-16H2,1-3H3. The first-order valence-corrected chi connectivity index (χ1v) is 11.8. The number of ether oxygens (including phenoxy) is 1. The van der Waals surface area contributed by atoms with E-state index in [1.807, 2.05) is 24.3 Å². The number of benzene rings is 2. The van der Waals surface area contributed by atoms with E-state index in [4.69, 9.17) is 4.74 Å². The minimum Gasteiger partial charge on any atom is -0.467 e. The maximum Gasteiger partial charge on any atom is 0.329 e. The number of aryl methyl sites for hydroxylation is 1. The van der Waals surface area contributed by atoms with Gasteiger partial charge in [-0.25, -0.2) is 13.2 Å². The number of para-hydroxylation sites is 1. The predicted octanol–water partition coefficient (Wildman–Crippen LogP) is 2.78. The summed E-state index contributed by atoms with van der Waals surface area (Å²) in [7, 11) is -2.19. The second kappa shape index (κ2) is 9.62. The van der Waals surface area contributed by atoms with Gasteiger partial charge in [-0.3, -0.25) is 9.69 Å². The molecule has 0 radical (unpaired) electrons. The summed E-state index contributed by atoms with van der Waals surface area (Å²) in [6.07, 6.45) is 1.08. The van der Waals surface area contributed by atoms with Gasteiger partial charge in [-0.1, -0.05) is 44.2 Å². The molecule has 0 aromatic heterocycles. The van der Waals surface area contributed by atoms with Gasteiger partial charge in [0, 0.05) is 31.6 Å². The number of esters is 1. The number of fused-ring (bicyclic) bond motifs is 1. The average Bonchev–Trinajstić information content (AvgIpc) is 3.17. The zero-order valence-electron chi connectivity index (χ0n) is 18.1. The Morgan fingerprint density at radius 1 is 1.06 bits per heavy atom. The normalized spacial score (nSPS) is 15.7. The maximum atomic E-state index is 13.0. The topological polar surface area (TPSA) is 84.0 Å². The van der Waals surface area contributed by atoms with E-state index in [0.717, 1.165) is 16.8 Å². The zero-order chi connectivity index (χ0) is 22.6. The molecule has 1 amide bonds. The van der Waals surface area contributed by atoms with Crippen molar-refractivity contribution in [1.82, 2.24) is 4.31 Å². The molecule has 1 aliphatic heterocycles. The van der Waals surface area contributed by atoms with Crippen LogP contribution in [0.2, 0.25) is 0 Å². The highest BCUT2D eigenvalue weighted by molar-refractivity contribution is 7.89. The van der Waals surface area contributed by atoms with Crippen LogP contribution in [0.25, 0.3) is 0 Å². The van der Waals surface area contributed by atoms with Gasteiger partial charge >= 0.3 is 5.97 Å². The Morgan fingerprint density at radius 3 is 2.32 bits per heavy atom. The van der Waals surface area contributed by atoms with E-state index in [1.54, 1.807) is 38.1 Å². The predicted molar refractivity (Wildman–Crippen MR) is 118 cm³/mol. The second-order valence-corrected chi connectivity index (χ2v) is 9.31. The third-order valence-corrected chi connectivity index (χ3v) is 7.68. The number of methoxy groups -OCH3 is 1. The lowest BCUT2D eigenvalue weighted by molar-refractivity contribution is -0.143. The van der Waals surface area contributed by atoms with Crippen molar-refractivity contribution in [2.45, 2.75) is 44.0 Å². The molecule has 2 aromatic rings. The highest BCUT2D eigenvalue weighted by Crippen LogP contribution is 2.33. The van der Waals surface area contributed by atoms with Crippen LogP contribution >= 0.6 is 0 Å². The fourth-order valence-corrected chi connectivity index (χ4v) is 5.39. The minimum atomic E-state index is -3.51. The number of carbonyl (C=O) groups excluding carboxylic acids is 2. The van der Waals surface area contributed by atoms with Gasteiger partial charge in [-0.2, -0.15) is 4.31 Å². The third kappa shape index (κ3) is 4.65. The van der Waals surface area contributed by atoms with Crippen molar-refractivity contribution in [1.29, 1.82) is 0 Å². The zero-order valence-corrected chi connectivity index (χ0v) is 18.9. The van der Waals surface area contributed by atoms with E-state index in [-0.39, 0.29) is 17.2 Å². The number of hydrogen-bond acceptors (Lipinski definition) is 5. The molecule has 0 aliphatic carbocycles. The molecular weight excluding hydrogens is 416 g/mol. The number of sulfonamides is 1. The summed E-state index contributed by atoms with van der Waals surface area (Å²) < 4.78 is 31.5. The number of hydrogen-bond donors (Lipinski definition) is 0. The van der Waals surface area contributed by atoms with Crippen LogP contribution in [-0.4, -0.2) is 50.8 Å². The Hall–Kier alpha value is -2.71. The molecule has 8 heteroatoms. The van der Waals surface area contributed by atoms with Crippen molar-refractivity contribution in [3.63, 3.8) is 0 Å². The quantitative estimate of drug-likeness (QED) is 0.585. The van der Waals surface area contributed by atoms with Crippen molar-refractivity contribution in [3.05, 3.63) is 59.7 Å². The molecule has 1 atom stereocenters. The molecular formula is C23H28N2O5S. The lowest BCUT2D eigenvalue weighted by Gasteiger charge is -2.24. The monoisotopic (exact) mass is 444 g/mol. The van der Waals surface area contributed by atoms with E-state index in [2.05, 4.69) is 0 Å². The Labute approximate surface area is 183 Å². The van der Waals surface area contributed by atoms with E-state index in [1.165, 1.54) is 16.3 Å². The number of carbonyl (C=O) groups is 2. The van der Waals surface area contributed by atoms with Crippen LogP contribution in [0.15, 0.2) is 53.4 Å². The first-order valence-electron chi connectivity index (χ1n) is 10.4. The minimum absolute atomic E-state index is 0.166. The number of rotatable bonds is 8. The van der Waals surface area contributed by atoms with Crippen LogP contribution in [0.4, 0.5) is 5.69 Å². The first-order chi connectivity index (χ1) is 14.8. The Bertz CT molecular complexity index is 1050. The molecule has 0 saturated heterocycles. The molecule has 0 N–H and O–H groups in total. The van der Waals surface area contributed by atoms with E-state index in [9.17, 15) is 18.0 Å². The third-order valence-electron chi connectivity index (χ3n) is 5.61. The van der Waals surface area contributed by atoms with Gasteiger partial charge in [-0.15, -0.1) is 0 Å².